The molecule has 0 fully saturated rings. The van der Waals surface area contributed by atoms with Crippen LogP contribution in [0.2, 0.25) is 0 Å². The molecular weight excluding hydrogens is 223 g/mol. The van der Waals surface area contributed by atoms with E-state index in [1.54, 1.807) is 0 Å². The molecular formula is C18H25Li. The van der Waals surface area contributed by atoms with Crippen LogP contribution < -0.4 is 0 Å². The van der Waals surface area contributed by atoms with E-state index in [4.69, 9.17) is 0 Å². The monoisotopic (exact) mass is 248 g/mol. The third kappa shape index (κ3) is 3.25. The molecule has 2 aromatic rings. The van der Waals surface area contributed by atoms with E-state index in [9.17, 15) is 0 Å². The normalized spacial score (nSPS) is 12.3. The Morgan fingerprint density at radius 2 is 1.26 bits per heavy atom. The standard InChI is InChI=1S/C18H24.Li.H/c1-17(2,3)15-12-11-13-9-7-8-10-14(13)16(15)18(4,5)6;;/h7-12H,1-6H3;;. The van der Waals surface area contributed by atoms with Crippen LogP contribution in [0.1, 0.15) is 52.7 Å². The topological polar surface area (TPSA) is 0 Å². The van der Waals surface area contributed by atoms with Gasteiger partial charge in [0.2, 0.25) is 0 Å². The Morgan fingerprint density at radius 1 is 0.684 bits per heavy atom. The molecule has 0 aliphatic rings. The van der Waals surface area contributed by atoms with Crippen LogP contribution in [-0.2, 0) is 10.8 Å². The summed E-state index contributed by atoms with van der Waals surface area (Å²) in [4.78, 5) is 0. The second kappa shape index (κ2) is 5.35. The molecule has 0 aliphatic heterocycles. The van der Waals surface area contributed by atoms with Gasteiger partial charge in [0.1, 0.15) is 0 Å². The maximum atomic E-state index is 2.31. The zero-order valence-corrected chi connectivity index (χ0v) is 12.5. The van der Waals surface area contributed by atoms with Gasteiger partial charge in [0, 0.05) is 0 Å². The van der Waals surface area contributed by atoms with Crippen molar-refractivity contribution >= 4 is 29.6 Å². The predicted molar refractivity (Wildman–Crippen MR) is 88.5 cm³/mol. The van der Waals surface area contributed by atoms with Gasteiger partial charge in [-0.05, 0) is 32.7 Å². The Kier molecular flexibility index (Phi) is 4.61. The fraction of sp³-hybridized carbons (Fsp3) is 0.444. The van der Waals surface area contributed by atoms with Gasteiger partial charge in [-0.1, -0.05) is 77.9 Å². The van der Waals surface area contributed by atoms with Gasteiger partial charge in [-0.25, -0.2) is 0 Å². The van der Waals surface area contributed by atoms with Crippen LogP contribution in [0, 0.1) is 0 Å². The first-order valence-corrected chi connectivity index (χ1v) is 6.74. The first-order chi connectivity index (χ1) is 8.21. The van der Waals surface area contributed by atoms with Gasteiger partial charge >= 0.3 is 18.9 Å². The zero-order chi connectivity index (χ0) is 13.6. The summed E-state index contributed by atoms with van der Waals surface area (Å²) in [5.41, 5.74) is 3.32. The SMILES string of the molecule is CC(C)(C)c1ccc2ccccc2c1C(C)(C)C.[LiH]. The van der Waals surface area contributed by atoms with Crippen molar-refractivity contribution in [1.82, 2.24) is 0 Å². The molecule has 0 saturated heterocycles. The van der Waals surface area contributed by atoms with Gasteiger partial charge in [-0.2, -0.15) is 0 Å². The van der Waals surface area contributed by atoms with Crippen LogP contribution in [0.15, 0.2) is 36.4 Å². The Hall–Kier alpha value is -0.703. The van der Waals surface area contributed by atoms with Crippen molar-refractivity contribution in [3.05, 3.63) is 47.5 Å². The van der Waals surface area contributed by atoms with Crippen molar-refractivity contribution in [3.63, 3.8) is 0 Å². The van der Waals surface area contributed by atoms with Crippen molar-refractivity contribution in [1.29, 1.82) is 0 Å². The Bertz CT molecular complexity index is 568. The molecule has 0 aromatic heterocycles. The van der Waals surface area contributed by atoms with Crippen molar-refractivity contribution < 1.29 is 0 Å². The van der Waals surface area contributed by atoms with Gasteiger partial charge < -0.3 is 0 Å². The second-order valence-corrected chi connectivity index (χ2v) is 7.21. The first kappa shape index (κ1) is 16.4. The zero-order valence-electron chi connectivity index (χ0n) is 12.5. The van der Waals surface area contributed by atoms with E-state index < -0.39 is 0 Å². The molecule has 19 heavy (non-hydrogen) atoms. The minimum atomic E-state index is 0. The summed E-state index contributed by atoms with van der Waals surface area (Å²) < 4.78 is 0. The summed E-state index contributed by atoms with van der Waals surface area (Å²) in [6.07, 6.45) is 0. The van der Waals surface area contributed by atoms with Gasteiger partial charge in [0.05, 0.1) is 0 Å². The van der Waals surface area contributed by atoms with E-state index in [-0.39, 0.29) is 29.7 Å². The summed E-state index contributed by atoms with van der Waals surface area (Å²) in [5, 5.41) is 2.74. The molecule has 0 amide bonds. The van der Waals surface area contributed by atoms with E-state index in [1.807, 2.05) is 0 Å². The van der Waals surface area contributed by atoms with Crippen molar-refractivity contribution in [2.24, 2.45) is 0 Å². The van der Waals surface area contributed by atoms with Gasteiger partial charge in [-0.15, -0.1) is 0 Å². The summed E-state index contributed by atoms with van der Waals surface area (Å²) in [5.74, 6) is 0. The van der Waals surface area contributed by atoms with Crippen molar-refractivity contribution in [2.45, 2.75) is 52.4 Å². The van der Waals surface area contributed by atoms with E-state index >= 15 is 0 Å². The average Bonchev–Trinajstić information content (AvgIpc) is 2.24. The maximum absolute atomic E-state index is 2.31. The molecule has 0 N–H and O–H groups in total. The van der Waals surface area contributed by atoms with E-state index in [0.717, 1.165) is 0 Å². The third-order valence-electron chi connectivity index (χ3n) is 3.49. The fourth-order valence-electron chi connectivity index (χ4n) is 2.70. The fourth-order valence-corrected chi connectivity index (χ4v) is 2.70. The Balaban J connectivity index is 0.00000180. The van der Waals surface area contributed by atoms with E-state index in [0.29, 0.717) is 0 Å². The van der Waals surface area contributed by atoms with Crippen molar-refractivity contribution in [2.75, 3.05) is 0 Å². The average molecular weight is 248 g/mol. The quantitative estimate of drug-likeness (QED) is 0.588. The van der Waals surface area contributed by atoms with E-state index in [2.05, 4.69) is 77.9 Å². The molecule has 0 heterocycles. The number of hydrogen-bond acceptors (Lipinski definition) is 0. The third-order valence-corrected chi connectivity index (χ3v) is 3.49. The number of hydrogen-bond donors (Lipinski definition) is 0. The first-order valence-electron chi connectivity index (χ1n) is 6.74. The van der Waals surface area contributed by atoms with Crippen LogP contribution in [0.25, 0.3) is 10.8 Å². The molecule has 1 heteroatoms. The minimum absolute atomic E-state index is 0. The van der Waals surface area contributed by atoms with Crippen LogP contribution in [-0.4, -0.2) is 18.9 Å². The molecule has 0 unspecified atom stereocenters. The molecule has 0 aliphatic carbocycles. The van der Waals surface area contributed by atoms with Gasteiger partial charge in [0.25, 0.3) is 0 Å². The number of fused-ring (bicyclic) bond motifs is 1. The Morgan fingerprint density at radius 3 is 1.79 bits per heavy atom. The molecule has 0 nitrogen and oxygen atoms in total. The number of rotatable bonds is 0. The molecule has 2 aromatic carbocycles. The van der Waals surface area contributed by atoms with Crippen LogP contribution in [0.3, 0.4) is 0 Å². The molecule has 0 bridgehead atoms. The van der Waals surface area contributed by atoms with Crippen LogP contribution in [0.5, 0.6) is 0 Å². The summed E-state index contributed by atoms with van der Waals surface area (Å²) in [6.45, 7) is 13.8. The second-order valence-electron chi connectivity index (χ2n) is 7.21. The molecule has 0 radical (unpaired) electrons. The van der Waals surface area contributed by atoms with E-state index in [1.165, 1.54) is 21.9 Å². The summed E-state index contributed by atoms with van der Waals surface area (Å²) in [7, 11) is 0. The van der Waals surface area contributed by atoms with Crippen LogP contribution >= 0.6 is 0 Å². The Labute approximate surface area is 129 Å². The molecule has 98 valence electrons. The van der Waals surface area contributed by atoms with Crippen LogP contribution in [0.4, 0.5) is 0 Å². The molecule has 0 spiro atoms. The summed E-state index contributed by atoms with van der Waals surface area (Å²) >= 11 is 0. The molecule has 0 saturated carbocycles. The van der Waals surface area contributed by atoms with Crippen molar-refractivity contribution in [3.8, 4) is 0 Å². The predicted octanol–water partition coefficient (Wildman–Crippen LogP) is 4.79. The molecule has 2 rings (SSSR count). The molecule has 0 atom stereocenters. The van der Waals surface area contributed by atoms with Gasteiger partial charge in [-0.3, -0.25) is 0 Å². The number of benzene rings is 2. The summed E-state index contributed by atoms with van der Waals surface area (Å²) in [6, 6.07) is 13.3. The van der Waals surface area contributed by atoms with Gasteiger partial charge in [0.15, 0.2) is 0 Å².